The molecule has 1 fully saturated rings. The lowest BCUT2D eigenvalue weighted by Gasteiger charge is -2.33. The summed E-state index contributed by atoms with van der Waals surface area (Å²) in [4.78, 5) is 2.33. The number of hydrogen-bond donors (Lipinski definition) is 1. The van der Waals surface area contributed by atoms with Crippen molar-refractivity contribution in [2.75, 3.05) is 44.2 Å². The molecule has 1 atom stereocenters. The Balaban J connectivity index is 2.27. The standard InChI is InChI=1S/C15H32N2O2S/c1-4-9-20(18,19)10-8-17-7-5-6-15(13-17)12-16-11-14(2)3/h14-16H,4-13H2,1-3H3. The van der Waals surface area contributed by atoms with Gasteiger partial charge in [-0.3, -0.25) is 0 Å². The average molecular weight is 304 g/mol. The predicted molar refractivity (Wildman–Crippen MR) is 85.8 cm³/mol. The summed E-state index contributed by atoms with van der Waals surface area (Å²) in [5.74, 6) is 2.03. The van der Waals surface area contributed by atoms with Crippen LogP contribution in [0.5, 0.6) is 0 Å². The van der Waals surface area contributed by atoms with Crippen molar-refractivity contribution in [2.24, 2.45) is 11.8 Å². The molecule has 0 aromatic carbocycles. The zero-order chi connectivity index (χ0) is 15.0. The molecule has 1 rings (SSSR count). The molecule has 0 aliphatic carbocycles. The Kier molecular flexibility index (Phi) is 8.07. The number of nitrogens with one attached hydrogen (secondary N) is 1. The Morgan fingerprint density at radius 1 is 1.30 bits per heavy atom. The molecule has 0 amide bonds. The number of rotatable bonds is 9. The van der Waals surface area contributed by atoms with Crippen LogP contribution in [0.15, 0.2) is 0 Å². The van der Waals surface area contributed by atoms with Crippen LogP contribution in [-0.2, 0) is 9.84 Å². The van der Waals surface area contributed by atoms with Gasteiger partial charge < -0.3 is 10.2 Å². The molecular weight excluding hydrogens is 272 g/mol. The molecule has 20 heavy (non-hydrogen) atoms. The Bertz CT molecular complexity index is 355. The van der Waals surface area contributed by atoms with E-state index in [0.717, 1.165) is 32.6 Å². The Morgan fingerprint density at radius 2 is 2.05 bits per heavy atom. The summed E-state index contributed by atoms with van der Waals surface area (Å²) in [6, 6.07) is 0. The fourth-order valence-corrected chi connectivity index (χ4v) is 4.14. The molecule has 1 aliphatic heterocycles. The van der Waals surface area contributed by atoms with Crippen LogP contribution in [-0.4, -0.2) is 57.5 Å². The highest BCUT2D eigenvalue weighted by Gasteiger charge is 2.21. The molecule has 0 radical (unpaired) electrons. The van der Waals surface area contributed by atoms with Gasteiger partial charge in [-0.05, 0) is 50.7 Å². The number of likely N-dealkylation sites (tertiary alicyclic amines) is 1. The minimum Gasteiger partial charge on any atom is -0.316 e. The minimum atomic E-state index is -2.83. The molecule has 4 nitrogen and oxygen atoms in total. The highest BCUT2D eigenvalue weighted by atomic mass is 32.2. The van der Waals surface area contributed by atoms with Gasteiger partial charge >= 0.3 is 0 Å². The van der Waals surface area contributed by atoms with Crippen molar-refractivity contribution in [1.82, 2.24) is 10.2 Å². The summed E-state index contributed by atoms with van der Waals surface area (Å²) < 4.78 is 23.5. The van der Waals surface area contributed by atoms with Crippen molar-refractivity contribution < 1.29 is 8.42 Å². The van der Waals surface area contributed by atoms with Crippen LogP contribution in [0.4, 0.5) is 0 Å². The van der Waals surface area contributed by atoms with Crippen molar-refractivity contribution >= 4 is 9.84 Å². The molecule has 120 valence electrons. The van der Waals surface area contributed by atoms with Crippen LogP contribution in [0, 0.1) is 11.8 Å². The number of piperidine rings is 1. The molecule has 1 heterocycles. The zero-order valence-corrected chi connectivity index (χ0v) is 14.2. The van der Waals surface area contributed by atoms with Crippen LogP contribution in [0.25, 0.3) is 0 Å². The molecule has 0 aromatic rings. The molecule has 1 saturated heterocycles. The van der Waals surface area contributed by atoms with E-state index in [-0.39, 0.29) is 0 Å². The van der Waals surface area contributed by atoms with E-state index >= 15 is 0 Å². The van der Waals surface area contributed by atoms with Gasteiger partial charge in [0.15, 0.2) is 9.84 Å². The third-order valence-electron chi connectivity index (χ3n) is 3.82. The van der Waals surface area contributed by atoms with Gasteiger partial charge in [-0.2, -0.15) is 0 Å². The first kappa shape index (κ1) is 17.9. The first-order valence-corrected chi connectivity index (χ1v) is 9.88. The highest BCUT2D eigenvalue weighted by Crippen LogP contribution is 2.15. The normalized spacial score (nSPS) is 21.5. The first-order valence-electron chi connectivity index (χ1n) is 8.06. The SMILES string of the molecule is CCCS(=O)(=O)CCN1CCCC(CNCC(C)C)C1. The van der Waals surface area contributed by atoms with E-state index < -0.39 is 9.84 Å². The number of nitrogens with zero attached hydrogens (tertiary/aromatic N) is 1. The van der Waals surface area contributed by atoms with E-state index in [1.807, 2.05) is 6.92 Å². The van der Waals surface area contributed by atoms with E-state index in [2.05, 4.69) is 24.1 Å². The molecule has 1 aliphatic rings. The highest BCUT2D eigenvalue weighted by molar-refractivity contribution is 7.91. The maximum Gasteiger partial charge on any atom is 0.151 e. The number of hydrogen-bond acceptors (Lipinski definition) is 4. The van der Waals surface area contributed by atoms with Crippen LogP contribution in [0.2, 0.25) is 0 Å². The average Bonchev–Trinajstić information content (AvgIpc) is 2.37. The van der Waals surface area contributed by atoms with E-state index in [1.165, 1.54) is 12.8 Å². The van der Waals surface area contributed by atoms with Crippen LogP contribution >= 0.6 is 0 Å². The summed E-state index contributed by atoms with van der Waals surface area (Å²) in [6.45, 7) is 11.3. The van der Waals surface area contributed by atoms with Gasteiger partial charge in [0.05, 0.1) is 5.75 Å². The topological polar surface area (TPSA) is 49.4 Å². The first-order chi connectivity index (χ1) is 9.43. The summed E-state index contributed by atoms with van der Waals surface area (Å²) in [7, 11) is -2.83. The maximum absolute atomic E-state index is 11.8. The van der Waals surface area contributed by atoms with Gasteiger partial charge in [0, 0.05) is 18.8 Å². The van der Waals surface area contributed by atoms with Crippen molar-refractivity contribution in [3.8, 4) is 0 Å². The molecule has 1 unspecified atom stereocenters. The van der Waals surface area contributed by atoms with E-state index in [9.17, 15) is 8.42 Å². The fourth-order valence-electron chi connectivity index (χ4n) is 2.78. The lowest BCUT2D eigenvalue weighted by Crippen LogP contribution is -2.42. The van der Waals surface area contributed by atoms with Crippen LogP contribution in [0.1, 0.15) is 40.0 Å². The van der Waals surface area contributed by atoms with Gasteiger partial charge in [-0.25, -0.2) is 8.42 Å². The second-order valence-electron chi connectivity index (χ2n) is 6.51. The monoisotopic (exact) mass is 304 g/mol. The summed E-state index contributed by atoms with van der Waals surface area (Å²) in [5, 5.41) is 3.52. The van der Waals surface area contributed by atoms with Crippen LogP contribution < -0.4 is 5.32 Å². The predicted octanol–water partition coefficient (Wildman–Crippen LogP) is 1.77. The second kappa shape index (κ2) is 9.00. The largest absolute Gasteiger partial charge is 0.316 e. The zero-order valence-electron chi connectivity index (χ0n) is 13.4. The Hall–Kier alpha value is -0.130. The van der Waals surface area contributed by atoms with E-state index in [0.29, 0.717) is 29.9 Å². The van der Waals surface area contributed by atoms with Gasteiger partial charge in [0.2, 0.25) is 0 Å². The molecule has 0 aromatic heterocycles. The molecule has 5 heteroatoms. The molecule has 0 saturated carbocycles. The van der Waals surface area contributed by atoms with Gasteiger partial charge in [0.1, 0.15) is 0 Å². The summed E-state index contributed by atoms with van der Waals surface area (Å²) in [6.07, 6.45) is 3.19. The number of sulfone groups is 1. The van der Waals surface area contributed by atoms with Gasteiger partial charge in [-0.1, -0.05) is 20.8 Å². The lowest BCUT2D eigenvalue weighted by atomic mass is 9.98. The Labute approximate surface area is 125 Å². The van der Waals surface area contributed by atoms with E-state index in [1.54, 1.807) is 0 Å². The third kappa shape index (κ3) is 7.60. The van der Waals surface area contributed by atoms with Crippen molar-refractivity contribution in [3.05, 3.63) is 0 Å². The second-order valence-corrected chi connectivity index (χ2v) is 8.82. The third-order valence-corrected chi connectivity index (χ3v) is 5.66. The van der Waals surface area contributed by atoms with Crippen molar-refractivity contribution in [2.45, 2.75) is 40.0 Å². The maximum atomic E-state index is 11.8. The van der Waals surface area contributed by atoms with Gasteiger partial charge in [-0.15, -0.1) is 0 Å². The van der Waals surface area contributed by atoms with Crippen LogP contribution in [0.3, 0.4) is 0 Å². The molecule has 0 spiro atoms. The van der Waals surface area contributed by atoms with E-state index in [4.69, 9.17) is 0 Å². The van der Waals surface area contributed by atoms with Crippen molar-refractivity contribution in [1.29, 1.82) is 0 Å². The summed E-state index contributed by atoms with van der Waals surface area (Å²) >= 11 is 0. The Morgan fingerprint density at radius 3 is 2.70 bits per heavy atom. The molecular formula is C15H32N2O2S. The lowest BCUT2D eigenvalue weighted by molar-refractivity contribution is 0.180. The molecule has 1 N–H and O–H groups in total. The smallest absolute Gasteiger partial charge is 0.151 e. The molecule has 0 bridgehead atoms. The summed E-state index contributed by atoms with van der Waals surface area (Å²) in [5.41, 5.74) is 0. The quantitative estimate of drug-likeness (QED) is 0.705. The minimum absolute atomic E-state index is 0.326. The van der Waals surface area contributed by atoms with Gasteiger partial charge in [0.25, 0.3) is 0 Å². The van der Waals surface area contributed by atoms with Crippen molar-refractivity contribution in [3.63, 3.8) is 0 Å². The fraction of sp³-hybridized carbons (Fsp3) is 1.00.